The quantitative estimate of drug-likeness (QED) is 0.566. The summed E-state index contributed by atoms with van der Waals surface area (Å²) < 4.78 is 11.0. The molecule has 1 aromatic heterocycles. The largest absolute Gasteiger partial charge is 0.489 e. The molecule has 1 fully saturated rings. The molecule has 0 unspecified atom stereocenters. The van der Waals surface area contributed by atoms with Crippen molar-refractivity contribution in [1.82, 2.24) is 0 Å². The molecule has 1 N–H and O–H groups in total. The number of hydrogen-bond acceptors (Lipinski definition) is 5. The summed E-state index contributed by atoms with van der Waals surface area (Å²) in [6.45, 7) is 8.20. The number of allylic oxidation sites excluding steroid dienone is 1. The van der Waals surface area contributed by atoms with Gasteiger partial charge in [0.25, 0.3) is 0 Å². The summed E-state index contributed by atoms with van der Waals surface area (Å²) >= 11 is 0. The zero-order valence-electron chi connectivity index (χ0n) is 17.7. The zero-order valence-corrected chi connectivity index (χ0v) is 17.7. The third-order valence-electron chi connectivity index (χ3n) is 6.30. The van der Waals surface area contributed by atoms with Gasteiger partial charge in [-0.15, -0.1) is 0 Å². The van der Waals surface area contributed by atoms with Crippen molar-refractivity contribution in [3.63, 3.8) is 0 Å². The van der Waals surface area contributed by atoms with Gasteiger partial charge in [0.05, 0.1) is 5.60 Å². The van der Waals surface area contributed by atoms with Gasteiger partial charge >= 0.3 is 5.63 Å². The van der Waals surface area contributed by atoms with Gasteiger partial charge in [0.15, 0.2) is 0 Å². The normalized spacial score (nSPS) is 24.7. The molecular formula is C24H30O5. The molecule has 5 heteroatoms. The first-order valence-electron chi connectivity index (χ1n) is 10.2. The molecule has 0 saturated heterocycles. The molecule has 1 saturated carbocycles. The van der Waals surface area contributed by atoms with Crippen LogP contribution in [0.25, 0.3) is 11.0 Å². The van der Waals surface area contributed by atoms with Crippen molar-refractivity contribution in [3.05, 3.63) is 52.4 Å². The molecule has 0 spiro atoms. The number of ether oxygens (including phenoxy) is 1. The monoisotopic (exact) mass is 398 g/mol. The number of Topliss-reactive ketones (excluding diaryl/α,β-unsaturated/α-hetero) is 1. The summed E-state index contributed by atoms with van der Waals surface area (Å²) in [4.78, 5) is 23.7. The van der Waals surface area contributed by atoms with Crippen LogP contribution in [0.1, 0.15) is 53.4 Å². The molecule has 0 amide bonds. The molecule has 1 aliphatic rings. The van der Waals surface area contributed by atoms with Gasteiger partial charge in [-0.1, -0.05) is 19.4 Å². The molecule has 2 atom stereocenters. The second-order valence-corrected chi connectivity index (χ2v) is 8.91. The third kappa shape index (κ3) is 4.78. The second-order valence-electron chi connectivity index (χ2n) is 8.91. The number of carbonyl (C=O) groups is 1. The van der Waals surface area contributed by atoms with E-state index in [0.717, 1.165) is 23.8 Å². The highest BCUT2D eigenvalue weighted by atomic mass is 16.5. The molecule has 3 rings (SSSR count). The van der Waals surface area contributed by atoms with Gasteiger partial charge in [0.2, 0.25) is 0 Å². The molecule has 2 aromatic rings. The zero-order chi connectivity index (χ0) is 21.2. The van der Waals surface area contributed by atoms with Crippen molar-refractivity contribution >= 4 is 16.8 Å². The van der Waals surface area contributed by atoms with Gasteiger partial charge in [-0.2, -0.15) is 0 Å². The van der Waals surface area contributed by atoms with E-state index in [2.05, 4.69) is 0 Å². The van der Waals surface area contributed by atoms with Crippen LogP contribution in [-0.4, -0.2) is 23.1 Å². The molecule has 5 nitrogen and oxygen atoms in total. The minimum absolute atomic E-state index is 0.0658. The molecule has 1 aromatic carbocycles. The molecular weight excluding hydrogens is 368 g/mol. The Morgan fingerprint density at radius 2 is 1.97 bits per heavy atom. The number of rotatable bonds is 6. The average molecular weight is 398 g/mol. The smallest absolute Gasteiger partial charge is 0.336 e. The van der Waals surface area contributed by atoms with E-state index in [1.54, 1.807) is 12.1 Å². The average Bonchev–Trinajstić information content (AvgIpc) is 2.64. The molecule has 0 bridgehead atoms. The van der Waals surface area contributed by atoms with Gasteiger partial charge in [0, 0.05) is 29.4 Å². The number of aliphatic hydroxyl groups is 1. The van der Waals surface area contributed by atoms with E-state index in [1.807, 2.05) is 45.9 Å². The Kier molecular flexibility index (Phi) is 5.99. The summed E-state index contributed by atoms with van der Waals surface area (Å²) in [6.07, 6.45) is 4.55. The van der Waals surface area contributed by atoms with Crippen molar-refractivity contribution in [2.24, 2.45) is 11.3 Å². The predicted molar refractivity (Wildman–Crippen MR) is 113 cm³/mol. The molecule has 156 valence electrons. The van der Waals surface area contributed by atoms with Crippen LogP contribution in [0.5, 0.6) is 5.75 Å². The van der Waals surface area contributed by atoms with E-state index in [0.29, 0.717) is 30.8 Å². The van der Waals surface area contributed by atoms with Gasteiger partial charge < -0.3 is 14.3 Å². The highest BCUT2D eigenvalue weighted by Gasteiger charge is 2.49. The molecule has 1 heterocycles. The van der Waals surface area contributed by atoms with Crippen molar-refractivity contribution < 1.29 is 19.1 Å². The van der Waals surface area contributed by atoms with Gasteiger partial charge in [-0.25, -0.2) is 4.79 Å². The number of carbonyl (C=O) groups excluding carboxylic acids is 1. The molecule has 29 heavy (non-hydrogen) atoms. The first-order chi connectivity index (χ1) is 13.6. The van der Waals surface area contributed by atoms with Crippen LogP contribution in [-0.2, 0) is 4.79 Å². The predicted octanol–water partition coefficient (Wildman–Crippen LogP) is 4.65. The summed E-state index contributed by atoms with van der Waals surface area (Å²) in [7, 11) is 0. The fourth-order valence-corrected chi connectivity index (χ4v) is 4.39. The van der Waals surface area contributed by atoms with Crippen LogP contribution < -0.4 is 10.4 Å². The van der Waals surface area contributed by atoms with Crippen LogP contribution in [0, 0.1) is 11.3 Å². The fraction of sp³-hybridized carbons (Fsp3) is 0.500. The lowest BCUT2D eigenvalue weighted by Gasteiger charge is -2.47. The maximum absolute atomic E-state index is 12.3. The highest BCUT2D eigenvalue weighted by molar-refractivity contribution is 5.85. The highest BCUT2D eigenvalue weighted by Crippen LogP contribution is 2.46. The third-order valence-corrected chi connectivity index (χ3v) is 6.30. The van der Waals surface area contributed by atoms with Crippen molar-refractivity contribution in [3.8, 4) is 5.75 Å². The molecule has 0 radical (unpaired) electrons. The van der Waals surface area contributed by atoms with Crippen LogP contribution in [0.2, 0.25) is 0 Å². The molecule has 0 aliphatic heterocycles. The lowest BCUT2D eigenvalue weighted by molar-refractivity contribution is -0.149. The van der Waals surface area contributed by atoms with Crippen LogP contribution in [0.3, 0.4) is 0 Å². The van der Waals surface area contributed by atoms with E-state index < -0.39 is 11.0 Å². The Balaban J connectivity index is 1.59. The first kappa shape index (κ1) is 21.3. The Labute approximate surface area is 171 Å². The van der Waals surface area contributed by atoms with E-state index >= 15 is 0 Å². The first-order valence-corrected chi connectivity index (χ1v) is 10.2. The lowest BCUT2D eigenvalue weighted by Crippen LogP contribution is -2.51. The number of fused-ring (bicyclic) bond motifs is 1. The van der Waals surface area contributed by atoms with Crippen molar-refractivity contribution in [2.45, 2.75) is 59.0 Å². The van der Waals surface area contributed by atoms with Gasteiger partial charge in [-0.05, 0) is 63.3 Å². The number of hydrogen-bond donors (Lipinski definition) is 1. The second kappa shape index (κ2) is 8.15. The van der Waals surface area contributed by atoms with E-state index in [9.17, 15) is 14.7 Å². The van der Waals surface area contributed by atoms with Crippen LogP contribution in [0.15, 0.2) is 51.2 Å². The van der Waals surface area contributed by atoms with E-state index in [-0.39, 0.29) is 17.3 Å². The van der Waals surface area contributed by atoms with Crippen LogP contribution >= 0.6 is 0 Å². The summed E-state index contributed by atoms with van der Waals surface area (Å²) in [6, 6.07) is 8.54. The standard InChI is InChI=1S/C24H30O5/c1-16(5-9-20-23(2,3)21(25)11-13-24(20,4)27)12-14-28-18-8-6-17-7-10-22(26)29-19(17)15-18/h6-8,10,12,15,20,27H,5,9,11,13-14H2,1-4H3/t20-,24+/m1/s1. The Bertz CT molecular complexity index is 980. The van der Waals surface area contributed by atoms with E-state index in [1.165, 1.54) is 6.07 Å². The van der Waals surface area contributed by atoms with Crippen LogP contribution in [0.4, 0.5) is 0 Å². The fourth-order valence-electron chi connectivity index (χ4n) is 4.39. The SMILES string of the molecule is CC(=CCOc1ccc2ccc(=O)oc2c1)CC[C@@H]1C(C)(C)C(=O)CC[C@]1(C)O. The Morgan fingerprint density at radius 1 is 1.24 bits per heavy atom. The van der Waals surface area contributed by atoms with E-state index in [4.69, 9.17) is 9.15 Å². The van der Waals surface area contributed by atoms with Crippen molar-refractivity contribution in [1.29, 1.82) is 0 Å². The summed E-state index contributed by atoms with van der Waals surface area (Å²) in [5.74, 6) is 0.809. The topological polar surface area (TPSA) is 76.7 Å². The van der Waals surface area contributed by atoms with Gasteiger partial charge in [0.1, 0.15) is 23.7 Å². The number of ketones is 1. The summed E-state index contributed by atoms with van der Waals surface area (Å²) in [5.41, 5.74) is -0.0500. The minimum atomic E-state index is -0.816. The Hall–Kier alpha value is -2.40. The lowest BCUT2D eigenvalue weighted by atomic mass is 9.59. The number of benzene rings is 1. The molecule has 1 aliphatic carbocycles. The minimum Gasteiger partial charge on any atom is -0.489 e. The maximum atomic E-state index is 12.3. The Morgan fingerprint density at radius 3 is 2.72 bits per heavy atom. The maximum Gasteiger partial charge on any atom is 0.336 e. The van der Waals surface area contributed by atoms with Crippen molar-refractivity contribution in [2.75, 3.05) is 6.61 Å². The van der Waals surface area contributed by atoms with Gasteiger partial charge in [-0.3, -0.25) is 4.79 Å². The summed E-state index contributed by atoms with van der Waals surface area (Å²) in [5, 5.41) is 11.7.